The maximum atomic E-state index is 12.1. The van der Waals surface area contributed by atoms with Crippen molar-refractivity contribution in [2.45, 2.75) is 13.0 Å². The van der Waals surface area contributed by atoms with E-state index in [2.05, 4.69) is 4.98 Å². The van der Waals surface area contributed by atoms with Gasteiger partial charge in [-0.05, 0) is 19.1 Å². The fraction of sp³-hybridized carbons (Fsp3) is 0.455. The van der Waals surface area contributed by atoms with E-state index in [0.717, 1.165) is 0 Å². The summed E-state index contributed by atoms with van der Waals surface area (Å²) in [4.78, 5) is 17.8. The molecule has 4 nitrogen and oxygen atoms in total. The summed E-state index contributed by atoms with van der Waals surface area (Å²) in [6.45, 7) is 3.78. The fourth-order valence-electron chi connectivity index (χ4n) is 1.70. The lowest BCUT2D eigenvalue weighted by atomic mass is 10.2. The van der Waals surface area contributed by atoms with Crippen LogP contribution >= 0.6 is 11.6 Å². The lowest BCUT2D eigenvalue weighted by molar-refractivity contribution is 0.00357. The third-order valence-corrected chi connectivity index (χ3v) is 2.83. The molecule has 0 aromatic carbocycles. The van der Waals surface area contributed by atoms with Crippen molar-refractivity contribution in [2.75, 3.05) is 19.8 Å². The number of hydrogen-bond donors (Lipinski definition) is 0. The minimum absolute atomic E-state index is 0.0139. The molecule has 0 saturated carbocycles. The first-order valence-corrected chi connectivity index (χ1v) is 5.56. The Labute approximate surface area is 99.2 Å². The highest BCUT2D eigenvalue weighted by atomic mass is 35.5. The molecule has 0 spiro atoms. The Hall–Kier alpha value is -1.13. The van der Waals surface area contributed by atoms with Gasteiger partial charge in [0.1, 0.15) is 5.15 Å². The van der Waals surface area contributed by atoms with Gasteiger partial charge in [0.25, 0.3) is 5.91 Å². The van der Waals surface area contributed by atoms with Gasteiger partial charge in [0.2, 0.25) is 0 Å². The minimum Gasteiger partial charge on any atom is -0.377 e. The SMILES string of the molecule is CC1COCCN1C(=O)c1ccc(Cl)nc1. The van der Waals surface area contributed by atoms with E-state index in [9.17, 15) is 4.79 Å². The van der Waals surface area contributed by atoms with Crippen LogP contribution in [0.4, 0.5) is 0 Å². The molecule has 1 amide bonds. The van der Waals surface area contributed by atoms with Crippen LogP contribution in [0, 0.1) is 0 Å². The molecule has 1 saturated heterocycles. The van der Waals surface area contributed by atoms with Crippen LogP contribution in [0.1, 0.15) is 17.3 Å². The number of carbonyl (C=O) groups excluding carboxylic acids is 1. The van der Waals surface area contributed by atoms with Crippen LogP contribution in [0.15, 0.2) is 18.3 Å². The van der Waals surface area contributed by atoms with Crippen LogP contribution < -0.4 is 0 Å². The summed E-state index contributed by atoms with van der Waals surface area (Å²) >= 11 is 5.67. The maximum absolute atomic E-state index is 12.1. The number of carbonyl (C=O) groups is 1. The van der Waals surface area contributed by atoms with Gasteiger partial charge in [-0.3, -0.25) is 4.79 Å². The molecule has 1 fully saturated rings. The van der Waals surface area contributed by atoms with E-state index < -0.39 is 0 Å². The largest absolute Gasteiger partial charge is 0.377 e. The van der Waals surface area contributed by atoms with Crippen molar-refractivity contribution in [3.05, 3.63) is 29.0 Å². The van der Waals surface area contributed by atoms with Crippen LogP contribution in [-0.4, -0.2) is 41.6 Å². The van der Waals surface area contributed by atoms with E-state index in [0.29, 0.717) is 30.5 Å². The first-order valence-electron chi connectivity index (χ1n) is 5.19. The first-order chi connectivity index (χ1) is 7.68. The molecule has 0 radical (unpaired) electrons. The highest BCUT2D eigenvalue weighted by Crippen LogP contribution is 2.13. The Morgan fingerprint density at radius 2 is 2.44 bits per heavy atom. The molecule has 0 bridgehead atoms. The molecule has 1 aliphatic rings. The molecule has 1 aromatic rings. The van der Waals surface area contributed by atoms with Crippen LogP contribution in [0.5, 0.6) is 0 Å². The van der Waals surface area contributed by atoms with Gasteiger partial charge in [0, 0.05) is 12.7 Å². The maximum Gasteiger partial charge on any atom is 0.255 e. The van der Waals surface area contributed by atoms with Crippen LogP contribution in [0.3, 0.4) is 0 Å². The van der Waals surface area contributed by atoms with Gasteiger partial charge in [-0.25, -0.2) is 4.98 Å². The Morgan fingerprint density at radius 1 is 1.62 bits per heavy atom. The predicted molar refractivity (Wildman–Crippen MR) is 60.6 cm³/mol. The monoisotopic (exact) mass is 240 g/mol. The molecule has 1 aromatic heterocycles. The van der Waals surface area contributed by atoms with Gasteiger partial charge in [-0.2, -0.15) is 0 Å². The lowest BCUT2D eigenvalue weighted by Crippen LogP contribution is -2.47. The standard InChI is InChI=1S/C11H13ClN2O2/c1-8-7-16-5-4-14(8)11(15)9-2-3-10(12)13-6-9/h2-3,6,8H,4-5,7H2,1H3. The Kier molecular flexibility index (Phi) is 3.41. The highest BCUT2D eigenvalue weighted by molar-refractivity contribution is 6.29. The number of ether oxygens (including phenoxy) is 1. The molecule has 1 aliphatic heterocycles. The average Bonchev–Trinajstić information content (AvgIpc) is 2.30. The molecule has 1 unspecified atom stereocenters. The van der Waals surface area contributed by atoms with E-state index in [-0.39, 0.29) is 11.9 Å². The minimum atomic E-state index is -0.0139. The van der Waals surface area contributed by atoms with Gasteiger partial charge in [-0.1, -0.05) is 11.6 Å². The average molecular weight is 241 g/mol. The number of halogens is 1. The van der Waals surface area contributed by atoms with E-state index in [4.69, 9.17) is 16.3 Å². The van der Waals surface area contributed by atoms with E-state index in [1.807, 2.05) is 6.92 Å². The normalized spacial score (nSPS) is 20.9. The summed E-state index contributed by atoms with van der Waals surface area (Å²) in [7, 11) is 0. The number of pyridine rings is 1. The molecular weight excluding hydrogens is 228 g/mol. The Balaban J connectivity index is 2.14. The molecule has 2 heterocycles. The molecule has 0 aliphatic carbocycles. The van der Waals surface area contributed by atoms with Crippen molar-refractivity contribution in [1.29, 1.82) is 0 Å². The van der Waals surface area contributed by atoms with Crippen LogP contribution in [0.2, 0.25) is 5.15 Å². The zero-order valence-corrected chi connectivity index (χ0v) is 9.78. The molecule has 1 atom stereocenters. The third-order valence-electron chi connectivity index (χ3n) is 2.60. The second-order valence-corrected chi connectivity index (χ2v) is 4.18. The molecular formula is C11H13ClN2O2. The van der Waals surface area contributed by atoms with E-state index >= 15 is 0 Å². The highest BCUT2D eigenvalue weighted by Gasteiger charge is 2.24. The van der Waals surface area contributed by atoms with Gasteiger partial charge < -0.3 is 9.64 Å². The fourth-order valence-corrected chi connectivity index (χ4v) is 1.81. The number of rotatable bonds is 1. The van der Waals surface area contributed by atoms with Crippen molar-refractivity contribution in [2.24, 2.45) is 0 Å². The summed E-state index contributed by atoms with van der Waals surface area (Å²) in [5.74, 6) is -0.0139. The molecule has 16 heavy (non-hydrogen) atoms. The topological polar surface area (TPSA) is 42.4 Å². The molecule has 0 N–H and O–H groups in total. The van der Waals surface area contributed by atoms with Crippen LogP contribution in [0.25, 0.3) is 0 Å². The molecule has 2 rings (SSSR count). The quantitative estimate of drug-likeness (QED) is 0.701. The zero-order chi connectivity index (χ0) is 11.5. The number of amides is 1. The van der Waals surface area contributed by atoms with Crippen molar-refractivity contribution >= 4 is 17.5 Å². The zero-order valence-electron chi connectivity index (χ0n) is 9.02. The van der Waals surface area contributed by atoms with Gasteiger partial charge in [-0.15, -0.1) is 0 Å². The summed E-state index contributed by atoms with van der Waals surface area (Å²) in [6.07, 6.45) is 1.51. The van der Waals surface area contributed by atoms with Crippen molar-refractivity contribution in [3.63, 3.8) is 0 Å². The number of nitrogens with zero attached hydrogens (tertiary/aromatic N) is 2. The number of morpholine rings is 1. The second kappa shape index (κ2) is 4.80. The predicted octanol–water partition coefficient (Wildman–Crippen LogP) is 1.60. The summed E-state index contributed by atoms with van der Waals surface area (Å²) < 4.78 is 5.29. The van der Waals surface area contributed by atoms with Gasteiger partial charge >= 0.3 is 0 Å². The summed E-state index contributed by atoms with van der Waals surface area (Å²) in [5, 5.41) is 0.395. The Bertz CT molecular complexity index is 380. The van der Waals surface area contributed by atoms with Gasteiger partial charge in [0.15, 0.2) is 0 Å². The Morgan fingerprint density at radius 3 is 3.06 bits per heavy atom. The third kappa shape index (κ3) is 2.33. The van der Waals surface area contributed by atoms with Gasteiger partial charge in [0.05, 0.1) is 24.8 Å². The second-order valence-electron chi connectivity index (χ2n) is 3.79. The van der Waals surface area contributed by atoms with Crippen molar-refractivity contribution < 1.29 is 9.53 Å². The van der Waals surface area contributed by atoms with E-state index in [1.54, 1.807) is 17.0 Å². The van der Waals surface area contributed by atoms with Crippen molar-refractivity contribution in [1.82, 2.24) is 9.88 Å². The molecule has 86 valence electrons. The molecule has 5 heteroatoms. The number of aromatic nitrogens is 1. The van der Waals surface area contributed by atoms with Crippen LogP contribution in [-0.2, 0) is 4.74 Å². The smallest absolute Gasteiger partial charge is 0.255 e. The first kappa shape index (κ1) is 11.4. The lowest BCUT2D eigenvalue weighted by Gasteiger charge is -2.33. The number of hydrogen-bond acceptors (Lipinski definition) is 3. The summed E-state index contributed by atoms with van der Waals surface area (Å²) in [5.41, 5.74) is 0.568. The summed E-state index contributed by atoms with van der Waals surface area (Å²) in [6, 6.07) is 3.43. The van der Waals surface area contributed by atoms with E-state index in [1.165, 1.54) is 6.20 Å². The van der Waals surface area contributed by atoms with Crippen molar-refractivity contribution in [3.8, 4) is 0 Å².